The zero-order chi connectivity index (χ0) is 31.4. The molecule has 11 atom stereocenters. The fourth-order valence-corrected chi connectivity index (χ4v) is 6.83. The van der Waals surface area contributed by atoms with Crippen molar-refractivity contribution in [3.63, 3.8) is 0 Å². The Balaban J connectivity index is 1.64. The van der Waals surface area contributed by atoms with Gasteiger partial charge in [0.2, 0.25) is 11.8 Å². The molecule has 0 bridgehead atoms. The van der Waals surface area contributed by atoms with Crippen LogP contribution in [0.25, 0.3) is 10.4 Å². The fourth-order valence-electron chi connectivity index (χ4n) is 4.55. The lowest BCUT2D eigenvalue weighted by Crippen LogP contribution is -2.61. The minimum absolute atomic E-state index is 0.130. The first-order valence-corrected chi connectivity index (χ1v) is 15.2. The summed E-state index contributed by atoms with van der Waals surface area (Å²) in [5.41, 5.74) is 8.35. The molecule has 0 aromatic carbocycles. The number of ether oxygens (including phenoxy) is 1. The molecule has 4 amide bonds. The van der Waals surface area contributed by atoms with Gasteiger partial charge in [-0.05, 0) is 12.0 Å². The number of phosphoric ester groups is 2. The van der Waals surface area contributed by atoms with E-state index in [0.717, 1.165) is 4.90 Å². The number of rotatable bonds is 12. The fraction of sp³-hybridized carbons (Fsp3) is 0.833. The van der Waals surface area contributed by atoms with Gasteiger partial charge in [-0.25, -0.2) is 13.9 Å². The van der Waals surface area contributed by atoms with E-state index in [0.29, 0.717) is 0 Å². The smallest absolute Gasteiger partial charge is 0.396 e. The van der Waals surface area contributed by atoms with Crippen molar-refractivity contribution in [1.82, 2.24) is 15.5 Å². The van der Waals surface area contributed by atoms with Gasteiger partial charge < -0.3 is 45.4 Å². The Labute approximate surface area is 236 Å². The molecule has 42 heavy (non-hydrogen) atoms. The predicted molar refractivity (Wildman–Crippen MR) is 130 cm³/mol. The number of azide groups is 1. The number of aliphatic hydroxyl groups is 5. The van der Waals surface area contributed by atoms with E-state index in [-0.39, 0.29) is 13.0 Å². The molecule has 9 N–H and O–H groups in total. The highest BCUT2D eigenvalue weighted by Gasteiger charge is 2.51. The summed E-state index contributed by atoms with van der Waals surface area (Å²) in [6, 6.07) is -2.57. The lowest BCUT2D eigenvalue weighted by molar-refractivity contribution is -0.133. The number of nitrogens with one attached hydrogen (secondary N) is 2. The van der Waals surface area contributed by atoms with Crippen LogP contribution in [0.3, 0.4) is 0 Å². The van der Waals surface area contributed by atoms with Gasteiger partial charge in [0.25, 0.3) is 0 Å². The number of phosphoric acid groups is 2. The van der Waals surface area contributed by atoms with Crippen LogP contribution in [0, 0.1) is 5.92 Å². The quantitative estimate of drug-likeness (QED) is 0.0429. The Morgan fingerprint density at radius 2 is 1.83 bits per heavy atom. The molecule has 238 valence electrons. The van der Waals surface area contributed by atoms with E-state index in [1.54, 1.807) is 0 Å². The SMILES string of the molecule is [N-]=[N+]=NCC(=O)NC1C(OP(=O)(O)OP(=O)(O)OCC2OC(N3CCC(=O)NC3=O)C(O)C2O)CC(CO)C(O)C1O. The summed E-state index contributed by atoms with van der Waals surface area (Å²) in [6.07, 6.45) is -12.4. The van der Waals surface area contributed by atoms with Crippen molar-refractivity contribution in [3.05, 3.63) is 10.4 Å². The van der Waals surface area contributed by atoms with E-state index in [1.807, 2.05) is 5.32 Å². The first kappa shape index (κ1) is 34.2. The van der Waals surface area contributed by atoms with Crippen LogP contribution in [0.5, 0.6) is 0 Å². The molecule has 11 unspecified atom stereocenters. The number of urea groups is 1. The molecule has 0 radical (unpaired) electrons. The lowest BCUT2D eigenvalue weighted by atomic mass is 9.80. The van der Waals surface area contributed by atoms with Gasteiger partial charge in [0.15, 0.2) is 6.23 Å². The summed E-state index contributed by atoms with van der Waals surface area (Å²) in [7, 11) is -11.1. The van der Waals surface area contributed by atoms with Gasteiger partial charge in [-0.2, -0.15) is 4.31 Å². The molecule has 3 rings (SSSR count). The minimum Gasteiger partial charge on any atom is -0.396 e. The molecule has 2 saturated heterocycles. The molecule has 2 heterocycles. The molecule has 3 fully saturated rings. The Morgan fingerprint density at radius 1 is 1.14 bits per heavy atom. The normalized spacial score (nSPS) is 36.4. The Morgan fingerprint density at radius 3 is 2.45 bits per heavy atom. The average Bonchev–Trinajstić information content (AvgIpc) is 3.18. The van der Waals surface area contributed by atoms with Crippen LogP contribution in [0.2, 0.25) is 0 Å². The van der Waals surface area contributed by atoms with Crippen molar-refractivity contribution in [1.29, 1.82) is 0 Å². The average molecular weight is 648 g/mol. The minimum atomic E-state index is -5.60. The first-order valence-electron chi connectivity index (χ1n) is 12.2. The van der Waals surface area contributed by atoms with Gasteiger partial charge in [0.05, 0.1) is 24.9 Å². The van der Waals surface area contributed by atoms with Gasteiger partial charge in [0, 0.05) is 30.4 Å². The molecule has 0 aromatic rings. The molecule has 0 spiro atoms. The Hall–Kier alpha value is -2.26. The second-order valence-electron chi connectivity index (χ2n) is 9.44. The van der Waals surface area contributed by atoms with Crippen LogP contribution in [-0.2, 0) is 36.8 Å². The van der Waals surface area contributed by atoms with Gasteiger partial charge in [-0.15, -0.1) is 0 Å². The molecule has 22 nitrogen and oxygen atoms in total. The van der Waals surface area contributed by atoms with Gasteiger partial charge in [0.1, 0.15) is 31.0 Å². The van der Waals surface area contributed by atoms with Gasteiger partial charge >= 0.3 is 21.7 Å². The molecular weight excluding hydrogens is 618 g/mol. The van der Waals surface area contributed by atoms with Crippen LogP contribution in [-0.4, -0.2) is 133 Å². The van der Waals surface area contributed by atoms with Crippen LogP contribution in [0.4, 0.5) is 4.79 Å². The van der Waals surface area contributed by atoms with Crippen molar-refractivity contribution >= 4 is 33.5 Å². The maximum absolute atomic E-state index is 12.6. The summed E-state index contributed by atoms with van der Waals surface area (Å²) in [5, 5.41) is 57.7. The summed E-state index contributed by atoms with van der Waals surface area (Å²) in [4.78, 5) is 58.8. The number of carbonyl (C=O) groups is 3. The van der Waals surface area contributed by atoms with E-state index in [1.165, 1.54) is 0 Å². The third kappa shape index (κ3) is 8.43. The molecule has 0 aromatic heterocycles. The van der Waals surface area contributed by atoms with E-state index < -0.39 is 114 Å². The number of carbonyl (C=O) groups excluding carboxylic acids is 3. The van der Waals surface area contributed by atoms with E-state index in [2.05, 4.69) is 24.2 Å². The summed E-state index contributed by atoms with van der Waals surface area (Å²) in [6.45, 7) is -2.68. The molecule has 1 aliphatic carbocycles. The standard InChI is InChI=1S/C18H30N6O16P2/c19-23-20-4-11(27)21-12-8(3-7(5-25)13(28)15(12)30)39-42(35,36)40-41(33,34)37-6-9-14(29)16(31)17(38-9)24-2-1-10(26)22-18(24)32/h7-9,12-17,25,28-31H,1-6H2,(H,21,27)(H,33,34)(H,35,36)(H,22,26,32). The largest absolute Gasteiger partial charge is 0.481 e. The first-order chi connectivity index (χ1) is 19.6. The highest BCUT2D eigenvalue weighted by molar-refractivity contribution is 7.61. The molecule has 3 aliphatic rings. The summed E-state index contributed by atoms with van der Waals surface area (Å²) >= 11 is 0. The Bertz CT molecular complexity index is 1170. The maximum atomic E-state index is 12.6. The third-order valence-corrected chi connectivity index (χ3v) is 9.25. The maximum Gasteiger partial charge on any atom is 0.481 e. The topological polar surface area (TPSA) is 340 Å². The lowest BCUT2D eigenvalue weighted by Gasteiger charge is -2.42. The summed E-state index contributed by atoms with van der Waals surface area (Å²) < 4.78 is 44.2. The third-order valence-electron chi connectivity index (χ3n) is 6.58. The van der Waals surface area contributed by atoms with Crippen LogP contribution < -0.4 is 10.6 Å². The highest BCUT2D eigenvalue weighted by atomic mass is 31.3. The summed E-state index contributed by atoms with van der Waals surface area (Å²) in [5.74, 6) is -2.70. The van der Waals surface area contributed by atoms with E-state index >= 15 is 0 Å². The van der Waals surface area contributed by atoms with E-state index in [4.69, 9.17) is 14.8 Å². The number of aliphatic hydroxyl groups excluding tert-OH is 5. The van der Waals surface area contributed by atoms with Gasteiger partial charge in [-0.3, -0.25) is 28.9 Å². The van der Waals surface area contributed by atoms with Crippen molar-refractivity contribution in [2.75, 3.05) is 26.3 Å². The second-order valence-corrected chi connectivity index (χ2v) is 12.4. The molecular formula is C18H30N6O16P2. The number of hydrogen-bond acceptors (Lipinski definition) is 15. The van der Waals surface area contributed by atoms with Gasteiger partial charge in [-0.1, -0.05) is 5.11 Å². The number of nitrogens with zero attached hydrogens (tertiary/aromatic N) is 4. The van der Waals surface area contributed by atoms with Crippen molar-refractivity contribution < 1.29 is 76.9 Å². The predicted octanol–water partition coefficient (Wildman–Crippen LogP) is -3.48. The molecule has 2 aliphatic heterocycles. The second kappa shape index (κ2) is 14.0. The molecule has 1 saturated carbocycles. The van der Waals surface area contributed by atoms with Crippen LogP contribution >= 0.6 is 15.6 Å². The molecule has 24 heteroatoms. The van der Waals surface area contributed by atoms with Crippen molar-refractivity contribution in [2.45, 2.75) is 61.7 Å². The number of amides is 4. The Kier molecular flexibility index (Phi) is 11.4. The zero-order valence-corrected chi connectivity index (χ0v) is 23.2. The van der Waals surface area contributed by atoms with Crippen molar-refractivity contribution in [2.24, 2.45) is 11.0 Å². The monoisotopic (exact) mass is 648 g/mol. The van der Waals surface area contributed by atoms with E-state index in [9.17, 15) is 58.8 Å². The highest BCUT2D eigenvalue weighted by Crippen LogP contribution is 2.61. The van der Waals surface area contributed by atoms with Crippen molar-refractivity contribution in [3.8, 4) is 0 Å². The number of imide groups is 1. The number of hydrogen-bond donors (Lipinski definition) is 9. The van der Waals surface area contributed by atoms with Crippen LogP contribution in [0.15, 0.2) is 5.11 Å². The van der Waals surface area contributed by atoms with Crippen LogP contribution in [0.1, 0.15) is 12.8 Å². The zero-order valence-electron chi connectivity index (χ0n) is 21.4.